The summed E-state index contributed by atoms with van der Waals surface area (Å²) in [6.45, 7) is 3.85. The molecular weight excluding hydrogens is 116 g/mol. The molecule has 1 aromatic rings. The summed E-state index contributed by atoms with van der Waals surface area (Å²) in [5.74, 6) is 0.189. The number of oxazole rings is 1. The molecular formula is C6H11N2O+. The summed E-state index contributed by atoms with van der Waals surface area (Å²) in [6, 6.07) is -0.237. The maximum absolute atomic E-state index is 6.94. The van der Waals surface area contributed by atoms with Crippen molar-refractivity contribution in [2.75, 3.05) is 0 Å². The van der Waals surface area contributed by atoms with Gasteiger partial charge in [0.05, 0.1) is 5.69 Å². The summed E-state index contributed by atoms with van der Waals surface area (Å²) < 4.78 is 25.6. The van der Waals surface area contributed by atoms with E-state index in [1.165, 1.54) is 6.26 Å². The zero-order valence-corrected chi connectivity index (χ0v) is 5.46. The van der Waals surface area contributed by atoms with Gasteiger partial charge in [-0.3, -0.25) is 5.71 Å². The molecule has 3 nitrogen and oxygen atoms in total. The van der Waals surface area contributed by atoms with Gasteiger partial charge in [0, 0.05) is 0 Å². The second-order valence-corrected chi connectivity index (χ2v) is 2.21. The van der Waals surface area contributed by atoms with E-state index in [9.17, 15) is 0 Å². The van der Waals surface area contributed by atoms with Crippen molar-refractivity contribution < 1.29 is 14.4 Å². The van der Waals surface area contributed by atoms with Crippen molar-refractivity contribution in [2.45, 2.75) is 19.8 Å². The lowest BCUT2D eigenvalue weighted by Crippen LogP contribution is -2.40. The van der Waals surface area contributed by atoms with Crippen LogP contribution in [0.3, 0.4) is 0 Å². The Kier molecular flexibility index (Phi) is 0.818. The maximum atomic E-state index is 6.94. The van der Waals surface area contributed by atoms with E-state index in [0.717, 1.165) is 0 Å². The van der Waals surface area contributed by atoms with E-state index >= 15 is 0 Å². The van der Waals surface area contributed by atoms with E-state index in [-0.39, 0.29) is 11.9 Å². The Balaban J connectivity index is 2.92. The van der Waals surface area contributed by atoms with Crippen molar-refractivity contribution >= 4 is 6.01 Å². The number of aromatic nitrogens is 1. The SMILES string of the molecule is [3H][N+]([3H])([3H])c1nc(C(C)C)co1. The van der Waals surface area contributed by atoms with Gasteiger partial charge in [-0.15, -0.1) is 0 Å². The second-order valence-electron chi connectivity index (χ2n) is 2.21. The van der Waals surface area contributed by atoms with Gasteiger partial charge < -0.3 is 4.42 Å². The molecule has 0 bridgehead atoms. The van der Waals surface area contributed by atoms with Gasteiger partial charge in [-0.05, 0) is 5.92 Å². The van der Waals surface area contributed by atoms with Crippen LogP contribution in [0.1, 0.15) is 25.5 Å². The third-order valence-corrected chi connectivity index (χ3v) is 1.10. The zero-order chi connectivity index (χ0) is 9.35. The molecule has 0 saturated carbocycles. The Morgan fingerprint density at radius 3 is 3.00 bits per heavy atom. The number of nitrogens with zero attached hydrogens (tertiary/aromatic N) is 1. The quantitative estimate of drug-likeness (QED) is 0.644. The summed E-state index contributed by atoms with van der Waals surface area (Å²) in [7, 11) is 0. The Labute approximate surface area is 58.3 Å². The minimum atomic E-state index is -1.62. The summed E-state index contributed by atoms with van der Waals surface area (Å²) in [4.78, 5) is 3.82. The highest BCUT2D eigenvalue weighted by Gasteiger charge is 2.05. The molecule has 1 aromatic heterocycles. The second kappa shape index (κ2) is 2.19. The highest BCUT2D eigenvalue weighted by molar-refractivity contribution is 5.06. The topological polar surface area (TPSA) is 53.7 Å². The molecule has 1 rings (SSSR count). The highest BCUT2D eigenvalue weighted by Crippen LogP contribution is 2.12. The van der Waals surface area contributed by atoms with Crippen LogP contribution in [-0.2, 0) is 0 Å². The van der Waals surface area contributed by atoms with Gasteiger partial charge in [-0.2, -0.15) is 4.98 Å². The fourth-order valence-electron chi connectivity index (χ4n) is 0.541. The number of hydrogen-bond donors (Lipinski definition) is 1. The fourth-order valence-corrected chi connectivity index (χ4v) is 0.541. The number of rotatable bonds is 2. The van der Waals surface area contributed by atoms with Crippen molar-refractivity contribution in [2.24, 2.45) is 0 Å². The van der Waals surface area contributed by atoms with Crippen molar-refractivity contribution in [3.63, 3.8) is 0 Å². The molecule has 0 aliphatic carbocycles. The van der Waals surface area contributed by atoms with Gasteiger partial charge in [0.1, 0.15) is 6.26 Å². The molecule has 50 valence electrons. The van der Waals surface area contributed by atoms with Crippen LogP contribution in [0.25, 0.3) is 0 Å². The maximum Gasteiger partial charge on any atom is 0.399 e. The van der Waals surface area contributed by atoms with Gasteiger partial charge in [0.25, 0.3) is 0 Å². The Hall–Kier alpha value is -0.830. The molecule has 3 heteroatoms. The molecule has 0 fully saturated rings. The summed E-state index contributed by atoms with van der Waals surface area (Å²) in [6.07, 6.45) is 1.38. The number of hydrogen-bond acceptors (Lipinski definition) is 2. The number of quaternary nitrogens is 1. The Morgan fingerprint density at radius 2 is 2.67 bits per heavy atom. The fraction of sp³-hybridized carbons (Fsp3) is 0.500. The van der Waals surface area contributed by atoms with Crippen LogP contribution in [0.15, 0.2) is 10.7 Å². The first-order chi connectivity index (χ1) is 5.41. The molecule has 0 aliphatic rings. The molecule has 0 atom stereocenters. The first-order valence-corrected chi connectivity index (χ1v) is 2.84. The molecule has 0 radical (unpaired) electrons. The third kappa shape index (κ3) is 1.29. The van der Waals surface area contributed by atoms with Gasteiger partial charge in [-0.25, -0.2) is 0 Å². The van der Waals surface area contributed by atoms with Crippen LogP contribution >= 0.6 is 0 Å². The summed E-state index contributed by atoms with van der Waals surface area (Å²) >= 11 is 0. The van der Waals surface area contributed by atoms with Crippen molar-refractivity contribution in [1.29, 1.82) is 0 Å². The predicted molar refractivity (Wildman–Crippen MR) is 33.1 cm³/mol. The van der Waals surface area contributed by atoms with Crippen LogP contribution in [0.2, 0.25) is 4.24 Å². The van der Waals surface area contributed by atoms with E-state index < -0.39 is 5.71 Å². The first-order valence-electron chi connectivity index (χ1n) is 4.18. The molecule has 0 amide bonds. The van der Waals surface area contributed by atoms with E-state index in [0.29, 0.717) is 5.69 Å². The molecule has 1 heterocycles. The van der Waals surface area contributed by atoms with E-state index in [2.05, 4.69) is 4.98 Å². The smallest absolute Gasteiger partial charge is 0.399 e. The molecule has 0 aromatic carbocycles. The van der Waals surface area contributed by atoms with Crippen molar-refractivity contribution in [3.8, 4) is 0 Å². The largest absolute Gasteiger partial charge is 0.403 e. The van der Waals surface area contributed by atoms with Crippen LogP contribution in [0.4, 0.5) is 6.01 Å². The van der Waals surface area contributed by atoms with Crippen molar-refractivity contribution in [3.05, 3.63) is 12.0 Å². The van der Waals surface area contributed by atoms with Crippen LogP contribution < -0.4 is 5.71 Å². The summed E-state index contributed by atoms with van der Waals surface area (Å²) in [5, 5.41) is 0. The predicted octanol–water partition coefficient (Wildman–Crippen LogP) is 0.671. The van der Waals surface area contributed by atoms with Crippen molar-refractivity contribution in [1.82, 2.24) is 4.98 Å². The van der Waals surface area contributed by atoms with Gasteiger partial charge in [0.15, 0.2) is 0 Å². The van der Waals surface area contributed by atoms with Crippen LogP contribution in [0, 0.1) is 0 Å². The lowest BCUT2D eigenvalue weighted by Gasteiger charge is -1.92. The third-order valence-electron chi connectivity index (χ3n) is 1.10. The minimum Gasteiger partial charge on any atom is -0.403 e. The Bertz CT molecular complexity index is 266. The highest BCUT2D eigenvalue weighted by atomic mass is 16.4. The normalized spacial score (nSPS) is 17.0. The molecule has 0 aliphatic heterocycles. The zero-order valence-electron chi connectivity index (χ0n) is 8.46. The van der Waals surface area contributed by atoms with Crippen LogP contribution in [-0.4, -0.2) is 4.98 Å². The van der Waals surface area contributed by atoms with E-state index in [4.69, 9.17) is 8.65 Å². The Morgan fingerprint density at radius 1 is 1.89 bits per heavy atom. The lowest BCUT2D eigenvalue weighted by atomic mass is 10.2. The van der Waals surface area contributed by atoms with E-state index in [1.807, 2.05) is 13.8 Å². The molecule has 0 saturated heterocycles. The minimum absolute atomic E-state index is 0.189. The summed E-state index contributed by atoms with van der Waals surface area (Å²) in [5.41, 5.74) is -0.952. The average molecular weight is 133 g/mol. The standard InChI is InChI=1S/C6H10N2O/c1-4(2)5-3-9-6(7)8-5/h3-4H,1-2H3,(H2,7,8)/p+1/i/hT3. The molecule has 3 N–H and O–H groups in total. The average Bonchev–Trinajstić information content (AvgIpc) is 2.30. The van der Waals surface area contributed by atoms with Crippen LogP contribution in [0.5, 0.6) is 0 Å². The molecule has 0 unspecified atom stereocenters. The van der Waals surface area contributed by atoms with E-state index in [1.54, 1.807) is 0 Å². The van der Waals surface area contributed by atoms with Gasteiger partial charge in [0.2, 0.25) is 0 Å². The molecule has 0 spiro atoms. The molecule has 9 heavy (non-hydrogen) atoms. The van der Waals surface area contributed by atoms with Gasteiger partial charge in [-0.1, -0.05) is 13.8 Å². The first kappa shape index (κ1) is 3.37. The lowest BCUT2D eigenvalue weighted by molar-refractivity contribution is -0.284. The van der Waals surface area contributed by atoms with Gasteiger partial charge >= 0.3 is 10.3 Å². The monoisotopic (exact) mass is 133 g/mol.